The highest BCUT2D eigenvalue weighted by Crippen LogP contribution is 2.36. The van der Waals surface area contributed by atoms with Crippen LogP contribution in [0.25, 0.3) is 21.6 Å². The number of thiophene rings is 1. The van der Waals surface area contributed by atoms with Crippen molar-refractivity contribution in [1.29, 1.82) is 0 Å². The molecule has 1 N–H and O–H groups in total. The number of aromatic hydroxyl groups is 1. The Labute approximate surface area is 163 Å². The van der Waals surface area contributed by atoms with E-state index in [2.05, 4.69) is 0 Å². The molecule has 134 valence electrons. The van der Waals surface area contributed by atoms with E-state index >= 15 is 0 Å². The van der Waals surface area contributed by atoms with Crippen LogP contribution in [0.2, 0.25) is 0 Å². The molecular weight excluding hydrogens is 380 g/mol. The second-order valence-electron chi connectivity index (χ2n) is 5.95. The summed E-state index contributed by atoms with van der Waals surface area (Å²) >= 11 is 6.72. The van der Waals surface area contributed by atoms with Gasteiger partial charge in [0.15, 0.2) is 16.3 Å². The minimum Gasteiger partial charge on any atom is -0.505 e. The first kappa shape index (κ1) is 17.4. The first-order chi connectivity index (χ1) is 13.0. The quantitative estimate of drug-likeness (QED) is 0.411. The van der Waals surface area contributed by atoms with E-state index in [4.69, 9.17) is 12.2 Å². The molecule has 0 aliphatic rings. The van der Waals surface area contributed by atoms with Crippen molar-refractivity contribution < 1.29 is 9.90 Å². The Hall–Kier alpha value is -3.03. The summed E-state index contributed by atoms with van der Waals surface area (Å²) in [6, 6.07) is 18.3. The molecule has 0 bridgehead atoms. The molecule has 0 unspecified atom stereocenters. The van der Waals surface area contributed by atoms with Crippen molar-refractivity contribution in [2.45, 2.75) is 6.92 Å². The van der Waals surface area contributed by atoms with Crippen LogP contribution in [-0.4, -0.2) is 20.0 Å². The Morgan fingerprint density at radius 1 is 0.963 bits per heavy atom. The lowest BCUT2D eigenvalue weighted by Crippen LogP contribution is -2.23. The maximum atomic E-state index is 13.2. The summed E-state index contributed by atoms with van der Waals surface area (Å²) in [5.41, 5.74) is 0.886. The number of rotatable bonds is 3. The SMILES string of the molecule is CC(=O)c1sc2c(c1O)c(=O)n(-c1ccccc1)c(=S)n2-c1ccccc1. The van der Waals surface area contributed by atoms with Gasteiger partial charge >= 0.3 is 0 Å². The van der Waals surface area contributed by atoms with Gasteiger partial charge in [-0.15, -0.1) is 11.3 Å². The highest BCUT2D eigenvalue weighted by atomic mass is 32.1. The van der Waals surface area contributed by atoms with Gasteiger partial charge in [0, 0.05) is 12.6 Å². The smallest absolute Gasteiger partial charge is 0.271 e. The van der Waals surface area contributed by atoms with Crippen LogP contribution in [0, 0.1) is 4.77 Å². The second kappa shape index (κ2) is 6.61. The van der Waals surface area contributed by atoms with Gasteiger partial charge in [0.05, 0.1) is 5.69 Å². The van der Waals surface area contributed by atoms with Crippen LogP contribution in [0.15, 0.2) is 65.5 Å². The zero-order valence-electron chi connectivity index (χ0n) is 14.2. The molecule has 0 spiro atoms. The van der Waals surface area contributed by atoms with Crippen molar-refractivity contribution in [1.82, 2.24) is 9.13 Å². The summed E-state index contributed by atoms with van der Waals surface area (Å²) in [5, 5.41) is 10.7. The van der Waals surface area contributed by atoms with E-state index in [9.17, 15) is 14.7 Å². The molecule has 0 fully saturated rings. The summed E-state index contributed by atoms with van der Waals surface area (Å²) in [4.78, 5) is 25.7. The predicted octanol–water partition coefficient (Wildman–Crippen LogP) is 4.48. The number of Topliss-reactive ketones (excluding diaryl/α,β-unsaturated/α-hetero) is 1. The highest BCUT2D eigenvalue weighted by molar-refractivity contribution is 7.71. The van der Waals surface area contributed by atoms with Gasteiger partial charge in [-0.25, -0.2) is 0 Å². The molecule has 4 aromatic rings. The number of carbonyl (C=O) groups excluding carboxylic acids is 1. The molecule has 4 rings (SSSR count). The lowest BCUT2D eigenvalue weighted by molar-refractivity contribution is 0.101. The van der Waals surface area contributed by atoms with Gasteiger partial charge in [0.2, 0.25) is 0 Å². The van der Waals surface area contributed by atoms with E-state index < -0.39 is 5.56 Å². The fourth-order valence-corrected chi connectivity index (χ4v) is 4.54. The Morgan fingerprint density at radius 3 is 2.00 bits per heavy atom. The monoisotopic (exact) mass is 394 g/mol. The van der Waals surface area contributed by atoms with Gasteiger partial charge in [-0.3, -0.25) is 18.7 Å². The van der Waals surface area contributed by atoms with Crippen molar-refractivity contribution in [2.75, 3.05) is 0 Å². The molecule has 5 nitrogen and oxygen atoms in total. The summed E-state index contributed by atoms with van der Waals surface area (Å²) in [6.45, 7) is 1.36. The van der Waals surface area contributed by atoms with Crippen molar-refractivity contribution >= 4 is 39.6 Å². The van der Waals surface area contributed by atoms with Crippen LogP contribution in [-0.2, 0) is 0 Å². The zero-order valence-corrected chi connectivity index (χ0v) is 15.9. The molecule has 0 aliphatic carbocycles. The number of hydrogen-bond donors (Lipinski definition) is 1. The molecule has 0 amide bonds. The van der Waals surface area contributed by atoms with Crippen LogP contribution < -0.4 is 5.56 Å². The molecule has 0 saturated carbocycles. The predicted molar refractivity (Wildman–Crippen MR) is 109 cm³/mol. The van der Waals surface area contributed by atoms with Gasteiger partial charge in [-0.05, 0) is 36.5 Å². The minimum absolute atomic E-state index is 0.0894. The summed E-state index contributed by atoms with van der Waals surface area (Å²) in [5.74, 6) is -0.596. The summed E-state index contributed by atoms with van der Waals surface area (Å²) < 4.78 is 3.36. The van der Waals surface area contributed by atoms with E-state index in [1.165, 1.54) is 11.5 Å². The van der Waals surface area contributed by atoms with Crippen molar-refractivity contribution in [2.24, 2.45) is 0 Å². The molecule has 7 heteroatoms. The Bertz CT molecular complexity index is 1290. The first-order valence-corrected chi connectivity index (χ1v) is 9.38. The second-order valence-corrected chi connectivity index (χ2v) is 7.31. The largest absolute Gasteiger partial charge is 0.505 e. The number of benzene rings is 2. The van der Waals surface area contributed by atoms with Gasteiger partial charge < -0.3 is 5.11 Å². The van der Waals surface area contributed by atoms with E-state index in [-0.39, 0.29) is 26.6 Å². The van der Waals surface area contributed by atoms with E-state index in [1.54, 1.807) is 16.7 Å². The molecule has 2 aromatic carbocycles. The van der Waals surface area contributed by atoms with Crippen molar-refractivity contribution in [3.8, 4) is 17.1 Å². The molecule has 0 atom stereocenters. The van der Waals surface area contributed by atoms with Gasteiger partial charge in [-0.2, -0.15) is 0 Å². The lowest BCUT2D eigenvalue weighted by Gasteiger charge is -2.14. The van der Waals surface area contributed by atoms with Crippen LogP contribution in [0.4, 0.5) is 0 Å². The number of fused-ring (bicyclic) bond motifs is 1. The standard InChI is InChI=1S/C20H14N2O3S2/c1-12(23)17-16(24)15-18(25)21(13-8-4-2-5-9-13)20(26)22(19(15)27-17)14-10-6-3-7-11-14/h2-11,24H,1H3. The number of para-hydroxylation sites is 2. The average Bonchev–Trinajstić information content (AvgIpc) is 3.01. The normalized spacial score (nSPS) is 11.0. The number of aromatic nitrogens is 2. The van der Waals surface area contributed by atoms with E-state index in [1.807, 2.05) is 48.5 Å². The Morgan fingerprint density at radius 2 is 1.48 bits per heavy atom. The number of ketones is 1. The third-order valence-corrected chi connectivity index (χ3v) is 5.85. The molecule has 2 aromatic heterocycles. The number of hydrogen-bond acceptors (Lipinski definition) is 5. The molecular formula is C20H14N2O3S2. The first-order valence-electron chi connectivity index (χ1n) is 8.16. The highest BCUT2D eigenvalue weighted by Gasteiger charge is 2.23. The van der Waals surface area contributed by atoms with Crippen molar-refractivity contribution in [3.05, 3.63) is 80.7 Å². The average molecular weight is 394 g/mol. The Balaban J connectivity index is 2.25. The molecule has 27 heavy (non-hydrogen) atoms. The van der Waals surface area contributed by atoms with E-state index in [0.29, 0.717) is 10.5 Å². The summed E-state index contributed by atoms with van der Waals surface area (Å²) in [6.07, 6.45) is 0. The fraction of sp³-hybridized carbons (Fsp3) is 0.0500. The maximum Gasteiger partial charge on any atom is 0.271 e. The van der Waals surface area contributed by atoms with Crippen LogP contribution in [0.5, 0.6) is 5.75 Å². The third-order valence-electron chi connectivity index (χ3n) is 4.22. The number of nitrogens with zero attached hydrogens (tertiary/aromatic N) is 2. The molecule has 2 heterocycles. The van der Waals surface area contributed by atoms with Gasteiger partial charge in [0.25, 0.3) is 5.56 Å². The summed E-state index contributed by atoms with van der Waals surface area (Å²) in [7, 11) is 0. The van der Waals surface area contributed by atoms with Gasteiger partial charge in [-0.1, -0.05) is 36.4 Å². The van der Waals surface area contributed by atoms with Gasteiger partial charge in [0.1, 0.15) is 15.1 Å². The maximum absolute atomic E-state index is 13.2. The minimum atomic E-state index is -0.449. The molecule has 0 aliphatic heterocycles. The zero-order chi connectivity index (χ0) is 19.1. The Kier molecular flexibility index (Phi) is 4.25. The topological polar surface area (TPSA) is 64.2 Å². The molecule has 0 saturated heterocycles. The number of carbonyl (C=O) groups is 1. The third kappa shape index (κ3) is 2.72. The van der Waals surface area contributed by atoms with Crippen LogP contribution in [0.3, 0.4) is 0 Å². The molecule has 0 radical (unpaired) electrons. The lowest BCUT2D eigenvalue weighted by atomic mass is 10.2. The van der Waals surface area contributed by atoms with Crippen molar-refractivity contribution in [3.63, 3.8) is 0 Å². The van der Waals surface area contributed by atoms with Crippen LogP contribution >= 0.6 is 23.6 Å². The van der Waals surface area contributed by atoms with E-state index in [0.717, 1.165) is 17.0 Å². The van der Waals surface area contributed by atoms with Crippen LogP contribution in [0.1, 0.15) is 16.6 Å². The fourth-order valence-electron chi connectivity index (χ4n) is 2.99.